The lowest BCUT2D eigenvalue weighted by molar-refractivity contribution is 0.102. The molecule has 0 aliphatic heterocycles. The molecule has 2 aromatic carbocycles. The second kappa shape index (κ2) is 7.68. The van der Waals surface area contributed by atoms with Gasteiger partial charge in [-0.2, -0.15) is 0 Å². The van der Waals surface area contributed by atoms with Gasteiger partial charge in [0.15, 0.2) is 11.5 Å². The van der Waals surface area contributed by atoms with Crippen molar-refractivity contribution in [1.29, 1.82) is 0 Å². The summed E-state index contributed by atoms with van der Waals surface area (Å²) in [4.78, 5) is 12.6. The molecular weight excluding hydrogens is 405 g/mol. The second-order valence-electron chi connectivity index (χ2n) is 5.14. The SMILES string of the molecule is CCOc1c(I)cc(C(=O)Nc2c(C)cccc2C)cc1OC. The minimum absolute atomic E-state index is 0.165. The molecule has 0 bridgehead atoms. The van der Waals surface area contributed by atoms with E-state index in [0.717, 1.165) is 20.4 Å². The van der Waals surface area contributed by atoms with Crippen LogP contribution in [0.2, 0.25) is 0 Å². The maximum absolute atomic E-state index is 12.6. The number of hydrogen-bond donors (Lipinski definition) is 1. The molecule has 1 amide bonds. The van der Waals surface area contributed by atoms with Crippen molar-refractivity contribution in [2.45, 2.75) is 20.8 Å². The highest BCUT2D eigenvalue weighted by Gasteiger charge is 2.16. The molecule has 0 saturated carbocycles. The van der Waals surface area contributed by atoms with Crippen molar-refractivity contribution in [2.24, 2.45) is 0 Å². The molecule has 23 heavy (non-hydrogen) atoms. The zero-order valence-corrected chi connectivity index (χ0v) is 15.9. The zero-order chi connectivity index (χ0) is 17.0. The van der Waals surface area contributed by atoms with Crippen LogP contribution in [0.25, 0.3) is 0 Å². The highest BCUT2D eigenvalue weighted by atomic mass is 127. The highest BCUT2D eigenvalue weighted by Crippen LogP contribution is 2.34. The van der Waals surface area contributed by atoms with Crippen molar-refractivity contribution >= 4 is 34.2 Å². The van der Waals surface area contributed by atoms with Crippen molar-refractivity contribution in [1.82, 2.24) is 0 Å². The molecule has 0 saturated heterocycles. The molecule has 0 radical (unpaired) electrons. The maximum Gasteiger partial charge on any atom is 0.255 e. The average molecular weight is 425 g/mol. The number of rotatable bonds is 5. The molecule has 5 heteroatoms. The number of methoxy groups -OCH3 is 1. The quantitative estimate of drug-likeness (QED) is 0.715. The minimum atomic E-state index is -0.165. The number of amides is 1. The van der Waals surface area contributed by atoms with Crippen LogP contribution < -0.4 is 14.8 Å². The Labute approximate surface area is 150 Å². The molecule has 1 N–H and O–H groups in total. The van der Waals surface area contributed by atoms with E-state index in [4.69, 9.17) is 9.47 Å². The molecule has 0 aliphatic rings. The summed E-state index contributed by atoms with van der Waals surface area (Å²) in [6, 6.07) is 9.44. The molecule has 2 rings (SSSR count). The Morgan fingerprint density at radius 1 is 1.22 bits per heavy atom. The molecule has 0 heterocycles. The molecule has 0 aliphatic carbocycles. The van der Waals surface area contributed by atoms with Gasteiger partial charge in [-0.3, -0.25) is 4.79 Å². The van der Waals surface area contributed by atoms with Gasteiger partial charge in [-0.1, -0.05) is 18.2 Å². The fourth-order valence-corrected chi connectivity index (χ4v) is 3.09. The van der Waals surface area contributed by atoms with Gasteiger partial charge >= 0.3 is 0 Å². The van der Waals surface area contributed by atoms with Crippen LogP contribution in [0, 0.1) is 17.4 Å². The molecule has 2 aromatic rings. The Morgan fingerprint density at radius 2 is 1.87 bits per heavy atom. The van der Waals surface area contributed by atoms with Crippen LogP contribution in [0.15, 0.2) is 30.3 Å². The molecule has 122 valence electrons. The van der Waals surface area contributed by atoms with E-state index < -0.39 is 0 Å². The Morgan fingerprint density at radius 3 is 2.43 bits per heavy atom. The maximum atomic E-state index is 12.6. The van der Waals surface area contributed by atoms with E-state index in [0.29, 0.717) is 23.7 Å². The van der Waals surface area contributed by atoms with Gasteiger partial charge in [-0.25, -0.2) is 0 Å². The number of nitrogens with one attached hydrogen (secondary N) is 1. The minimum Gasteiger partial charge on any atom is -0.493 e. The summed E-state index contributed by atoms with van der Waals surface area (Å²) < 4.78 is 11.8. The van der Waals surface area contributed by atoms with Gasteiger partial charge < -0.3 is 14.8 Å². The number of benzene rings is 2. The Hall–Kier alpha value is -1.76. The van der Waals surface area contributed by atoms with Crippen molar-refractivity contribution in [3.05, 3.63) is 50.6 Å². The number of para-hydroxylation sites is 1. The highest BCUT2D eigenvalue weighted by molar-refractivity contribution is 14.1. The zero-order valence-electron chi connectivity index (χ0n) is 13.7. The summed E-state index contributed by atoms with van der Waals surface area (Å²) >= 11 is 2.15. The van der Waals surface area contributed by atoms with Gasteiger partial charge in [0.2, 0.25) is 0 Å². The van der Waals surface area contributed by atoms with E-state index in [-0.39, 0.29) is 5.91 Å². The fourth-order valence-electron chi connectivity index (χ4n) is 2.33. The number of carbonyl (C=O) groups excluding carboxylic acids is 1. The summed E-state index contributed by atoms with van der Waals surface area (Å²) in [5.74, 6) is 1.06. The van der Waals surface area contributed by atoms with Crippen molar-refractivity contribution in [2.75, 3.05) is 19.0 Å². The van der Waals surface area contributed by atoms with E-state index >= 15 is 0 Å². The van der Waals surface area contributed by atoms with E-state index in [1.54, 1.807) is 19.2 Å². The lowest BCUT2D eigenvalue weighted by Gasteiger charge is -2.15. The fraction of sp³-hybridized carbons (Fsp3) is 0.278. The number of halogens is 1. The largest absolute Gasteiger partial charge is 0.493 e. The van der Waals surface area contributed by atoms with E-state index in [2.05, 4.69) is 27.9 Å². The van der Waals surface area contributed by atoms with Gasteiger partial charge in [0, 0.05) is 11.3 Å². The van der Waals surface area contributed by atoms with Crippen LogP contribution in [0.3, 0.4) is 0 Å². The second-order valence-corrected chi connectivity index (χ2v) is 6.31. The molecule has 0 atom stereocenters. The third kappa shape index (κ3) is 3.96. The number of anilines is 1. The number of aryl methyl sites for hydroxylation is 2. The van der Waals surface area contributed by atoms with Gasteiger partial charge in [-0.15, -0.1) is 0 Å². The van der Waals surface area contributed by atoms with Crippen molar-refractivity contribution < 1.29 is 14.3 Å². The summed E-state index contributed by atoms with van der Waals surface area (Å²) in [6.45, 7) is 6.41. The number of carbonyl (C=O) groups is 1. The van der Waals surface area contributed by atoms with Crippen molar-refractivity contribution in [3.8, 4) is 11.5 Å². The third-order valence-corrected chi connectivity index (χ3v) is 4.30. The van der Waals surface area contributed by atoms with Gasteiger partial charge in [-0.05, 0) is 66.6 Å². The van der Waals surface area contributed by atoms with Crippen molar-refractivity contribution in [3.63, 3.8) is 0 Å². The standard InChI is InChI=1S/C18H20INO3/c1-5-23-17-14(19)9-13(10-15(17)22-4)18(21)20-16-11(2)7-6-8-12(16)3/h6-10H,5H2,1-4H3,(H,20,21). The molecule has 4 nitrogen and oxygen atoms in total. The third-order valence-electron chi connectivity index (χ3n) is 3.50. The predicted molar refractivity (Wildman–Crippen MR) is 101 cm³/mol. The van der Waals surface area contributed by atoms with E-state index in [1.165, 1.54) is 0 Å². The first-order chi connectivity index (χ1) is 11.0. The molecule has 0 fully saturated rings. The normalized spacial score (nSPS) is 10.3. The topological polar surface area (TPSA) is 47.6 Å². The first-order valence-electron chi connectivity index (χ1n) is 7.35. The van der Waals surface area contributed by atoms with Crippen LogP contribution in [-0.4, -0.2) is 19.6 Å². The molecular formula is C18H20INO3. The first kappa shape index (κ1) is 17.6. The van der Waals surface area contributed by atoms with Crippen LogP contribution in [0.5, 0.6) is 11.5 Å². The van der Waals surface area contributed by atoms with E-state index in [1.807, 2.05) is 39.0 Å². The summed E-state index contributed by atoms with van der Waals surface area (Å²) in [5.41, 5.74) is 3.45. The number of hydrogen-bond acceptors (Lipinski definition) is 3. The van der Waals surface area contributed by atoms with Crippen LogP contribution >= 0.6 is 22.6 Å². The summed E-state index contributed by atoms with van der Waals surface area (Å²) in [7, 11) is 1.57. The predicted octanol–water partition coefficient (Wildman–Crippen LogP) is 4.57. The molecule has 0 spiro atoms. The lowest BCUT2D eigenvalue weighted by atomic mass is 10.1. The average Bonchev–Trinajstić information content (AvgIpc) is 2.52. The van der Waals surface area contributed by atoms with Gasteiger partial charge in [0.1, 0.15) is 0 Å². The van der Waals surface area contributed by atoms with Crippen LogP contribution in [-0.2, 0) is 0 Å². The van der Waals surface area contributed by atoms with Crippen LogP contribution in [0.4, 0.5) is 5.69 Å². The monoisotopic (exact) mass is 425 g/mol. The molecule has 0 unspecified atom stereocenters. The summed E-state index contributed by atoms with van der Waals surface area (Å²) in [6.07, 6.45) is 0. The first-order valence-corrected chi connectivity index (χ1v) is 8.43. The van der Waals surface area contributed by atoms with Gasteiger partial charge in [0.05, 0.1) is 17.3 Å². The Bertz CT molecular complexity index is 708. The summed E-state index contributed by atoms with van der Waals surface area (Å²) in [5, 5.41) is 2.99. The lowest BCUT2D eigenvalue weighted by Crippen LogP contribution is -2.14. The molecule has 0 aromatic heterocycles. The van der Waals surface area contributed by atoms with Crippen LogP contribution in [0.1, 0.15) is 28.4 Å². The van der Waals surface area contributed by atoms with Gasteiger partial charge in [0.25, 0.3) is 5.91 Å². The number of ether oxygens (including phenoxy) is 2. The Kier molecular flexibility index (Phi) is 5.87. The van der Waals surface area contributed by atoms with E-state index in [9.17, 15) is 4.79 Å². The smallest absolute Gasteiger partial charge is 0.255 e. The Balaban J connectivity index is 2.35.